The van der Waals surface area contributed by atoms with Gasteiger partial charge >= 0.3 is 0 Å². The Hall–Kier alpha value is -0.770. The lowest BCUT2D eigenvalue weighted by atomic mass is 9.96. The predicted octanol–water partition coefficient (Wildman–Crippen LogP) is 3.56. The fourth-order valence-electron chi connectivity index (χ4n) is 2.92. The van der Waals surface area contributed by atoms with Gasteiger partial charge in [-0.15, -0.1) is 0 Å². The van der Waals surface area contributed by atoms with Crippen molar-refractivity contribution in [2.75, 3.05) is 32.8 Å². The van der Waals surface area contributed by atoms with Crippen molar-refractivity contribution >= 4 is 11.6 Å². The first-order valence-electron chi connectivity index (χ1n) is 8.07. The summed E-state index contributed by atoms with van der Waals surface area (Å²) >= 11 is 6.25. The highest BCUT2D eigenvalue weighted by Gasteiger charge is 2.20. The number of halogens is 1. The van der Waals surface area contributed by atoms with Gasteiger partial charge in [-0.05, 0) is 57.9 Å². The Morgan fingerprint density at radius 3 is 2.71 bits per heavy atom. The second kappa shape index (κ2) is 8.62. The third-order valence-corrected chi connectivity index (χ3v) is 4.42. The zero-order valence-electron chi connectivity index (χ0n) is 13.2. The van der Waals surface area contributed by atoms with Gasteiger partial charge in [-0.25, -0.2) is 0 Å². The highest BCUT2D eigenvalue weighted by Crippen LogP contribution is 2.30. The quantitative estimate of drug-likeness (QED) is 0.833. The monoisotopic (exact) mass is 310 g/mol. The number of nitrogens with one attached hydrogen (secondary N) is 1. The second-order valence-corrected chi connectivity index (χ2v) is 6.10. The molecule has 1 aromatic rings. The third kappa shape index (κ3) is 4.87. The SMILES string of the molecule is CCNCC1CCN(Cc2cccc(Cl)c2OCC)CC1. The van der Waals surface area contributed by atoms with Crippen LogP contribution in [0.15, 0.2) is 18.2 Å². The van der Waals surface area contributed by atoms with Gasteiger partial charge in [-0.3, -0.25) is 4.90 Å². The molecule has 1 aliphatic heterocycles. The van der Waals surface area contributed by atoms with Crippen LogP contribution in [0.5, 0.6) is 5.75 Å². The van der Waals surface area contributed by atoms with Crippen molar-refractivity contribution in [3.8, 4) is 5.75 Å². The molecule has 0 aliphatic carbocycles. The van der Waals surface area contributed by atoms with Crippen LogP contribution in [-0.4, -0.2) is 37.7 Å². The number of ether oxygens (including phenoxy) is 1. The molecule has 1 aromatic carbocycles. The number of nitrogens with zero attached hydrogens (tertiary/aromatic N) is 1. The number of piperidine rings is 1. The third-order valence-electron chi connectivity index (χ3n) is 4.12. The maximum absolute atomic E-state index is 6.25. The van der Waals surface area contributed by atoms with E-state index >= 15 is 0 Å². The second-order valence-electron chi connectivity index (χ2n) is 5.69. The number of hydrogen-bond acceptors (Lipinski definition) is 3. The Balaban J connectivity index is 1.90. The van der Waals surface area contributed by atoms with Gasteiger partial charge in [0, 0.05) is 12.1 Å². The highest BCUT2D eigenvalue weighted by molar-refractivity contribution is 6.32. The van der Waals surface area contributed by atoms with Crippen LogP contribution in [-0.2, 0) is 6.54 Å². The van der Waals surface area contributed by atoms with Crippen LogP contribution < -0.4 is 10.1 Å². The van der Waals surface area contributed by atoms with Gasteiger partial charge in [0.05, 0.1) is 11.6 Å². The predicted molar refractivity (Wildman–Crippen MR) is 89.2 cm³/mol. The number of hydrogen-bond donors (Lipinski definition) is 1. The Labute approximate surface area is 133 Å². The summed E-state index contributed by atoms with van der Waals surface area (Å²) in [6.45, 7) is 10.3. The van der Waals surface area contributed by atoms with Crippen molar-refractivity contribution in [1.82, 2.24) is 10.2 Å². The Morgan fingerprint density at radius 1 is 1.29 bits per heavy atom. The van der Waals surface area contributed by atoms with Gasteiger partial charge in [0.25, 0.3) is 0 Å². The van der Waals surface area contributed by atoms with E-state index in [1.807, 2.05) is 19.1 Å². The minimum atomic E-state index is 0.654. The molecule has 118 valence electrons. The van der Waals surface area contributed by atoms with Crippen LogP contribution in [0.3, 0.4) is 0 Å². The van der Waals surface area contributed by atoms with E-state index in [1.54, 1.807) is 0 Å². The fourth-order valence-corrected chi connectivity index (χ4v) is 3.17. The Morgan fingerprint density at radius 2 is 2.05 bits per heavy atom. The van der Waals surface area contributed by atoms with E-state index in [4.69, 9.17) is 16.3 Å². The van der Waals surface area contributed by atoms with Crippen molar-refractivity contribution in [3.63, 3.8) is 0 Å². The van der Waals surface area contributed by atoms with E-state index in [0.29, 0.717) is 6.61 Å². The molecule has 0 unspecified atom stereocenters. The molecule has 0 atom stereocenters. The Bertz CT molecular complexity index is 431. The molecule has 0 spiro atoms. The molecule has 0 aromatic heterocycles. The molecule has 1 N–H and O–H groups in total. The molecule has 4 heteroatoms. The van der Waals surface area contributed by atoms with Gasteiger partial charge in [-0.2, -0.15) is 0 Å². The van der Waals surface area contributed by atoms with Crippen molar-refractivity contribution in [3.05, 3.63) is 28.8 Å². The van der Waals surface area contributed by atoms with Crippen LogP contribution in [0.4, 0.5) is 0 Å². The molecule has 0 amide bonds. The molecule has 0 bridgehead atoms. The summed E-state index contributed by atoms with van der Waals surface area (Å²) in [6.07, 6.45) is 2.55. The van der Waals surface area contributed by atoms with E-state index < -0.39 is 0 Å². The molecule has 0 radical (unpaired) electrons. The molecule has 3 nitrogen and oxygen atoms in total. The summed E-state index contributed by atoms with van der Waals surface area (Å²) < 4.78 is 5.71. The summed E-state index contributed by atoms with van der Waals surface area (Å²) in [6, 6.07) is 6.04. The van der Waals surface area contributed by atoms with E-state index in [-0.39, 0.29) is 0 Å². The molecule has 2 rings (SSSR count). The normalized spacial score (nSPS) is 17.1. The molecule has 21 heavy (non-hydrogen) atoms. The van der Waals surface area contributed by atoms with Crippen LogP contribution in [0.25, 0.3) is 0 Å². The van der Waals surface area contributed by atoms with Gasteiger partial charge < -0.3 is 10.1 Å². The van der Waals surface area contributed by atoms with Gasteiger partial charge in [-0.1, -0.05) is 30.7 Å². The molecule has 0 saturated carbocycles. The first-order chi connectivity index (χ1) is 10.2. The standard InChI is InChI=1S/C17H27ClN2O/c1-3-19-12-14-8-10-20(11-9-14)13-15-6-5-7-16(18)17(15)21-4-2/h5-7,14,19H,3-4,8-13H2,1-2H3. The lowest BCUT2D eigenvalue weighted by Crippen LogP contribution is -2.36. The van der Waals surface area contributed by atoms with Gasteiger partial charge in [0.1, 0.15) is 5.75 Å². The molecular formula is C17H27ClN2O. The topological polar surface area (TPSA) is 24.5 Å². The number of rotatable bonds is 7. The maximum atomic E-state index is 6.25. The summed E-state index contributed by atoms with van der Waals surface area (Å²) in [5, 5.41) is 4.18. The minimum absolute atomic E-state index is 0.654. The average molecular weight is 311 g/mol. The van der Waals surface area contributed by atoms with Crippen molar-refractivity contribution in [2.24, 2.45) is 5.92 Å². The number of benzene rings is 1. The van der Waals surface area contributed by atoms with Crippen LogP contribution in [0, 0.1) is 5.92 Å². The zero-order valence-corrected chi connectivity index (χ0v) is 14.0. The largest absolute Gasteiger partial charge is 0.492 e. The molecule has 1 fully saturated rings. The van der Waals surface area contributed by atoms with Gasteiger partial charge in [0.15, 0.2) is 0 Å². The molecule has 1 heterocycles. The van der Waals surface area contributed by atoms with E-state index in [9.17, 15) is 0 Å². The van der Waals surface area contributed by atoms with Crippen LogP contribution in [0.1, 0.15) is 32.3 Å². The van der Waals surface area contributed by atoms with E-state index in [0.717, 1.165) is 49.4 Å². The van der Waals surface area contributed by atoms with Crippen LogP contribution >= 0.6 is 11.6 Å². The maximum Gasteiger partial charge on any atom is 0.142 e. The summed E-state index contributed by atoms with van der Waals surface area (Å²) in [5.74, 6) is 1.68. The van der Waals surface area contributed by atoms with Crippen molar-refractivity contribution in [2.45, 2.75) is 33.2 Å². The molecular weight excluding hydrogens is 284 g/mol. The summed E-state index contributed by atoms with van der Waals surface area (Å²) in [7, 11) is 0. The number of para-hydroxylation sites is 1. The molecule has 1 saturated heterocycles. The van der Waals surface area contributed by atoms with Gasteiger partial charge in [0.2, 0.25) is 0 Å². The lowest BCUT2D eigenvalue weighted by Gasteiger charge is -2.32. The van der Waals surface area contributed by atoms with Crippen molar-refractivity contribution in [1.29, 1.82) is 0 Å². The van der Waals surface area contributed by atoms with Crippen molar-refractivity contribution < 1.29 is 4.74 Å². The molecule has 1 aliphatic rings. The number of likely N-dealkylation sites (tertiary alicyclic amines) is 1. The summed E-state index contributed by atoms with van der Waals surface area (Å²) in [5.41, 5.74) is 1.20. The highest BCUT2D eigenvalue weighted by atomic mass is 35.5. The first-order valence-corrected chi connectivity index (χ1v) is 8.45. The van der Waals surface area contributed by atoms with E-state index in [2.05, 4.69) is 23.2 Å². The lowest BCUT2D eigenvalue weighted by molar-refractivity contribution is 0.173. The Kier molecular flexibility index (Phi) is 6.81. The average Bonchev–Trinajstić information content (AvgIpc) is 2.50. The minimum Gasteiger partial charge on any atom is -0.492 e. The summed E-state index contributed by atoms with van der Waals surface area (Å²) in [4.78, 5) is 2.51. The fraction of sp³-hybridized carbons (Fsp3) is 0.647. The smallest absolute Gasteiger partial charge is 0.142 e. The first kappa shape index (κ1) is 16.6. The zero-order chi connectivity index (χ0) is 15.1. The van der Waals surface area contributed by atoms with E-state index in [1.165, 1.54) is 18.4 Å². The van der Waals surface area contributed by atoms with Crippen LogP contribution in [0.2, 0.25) is 5.02 Å².